The molecule has 3 heterocycles. The number of hydrogen-bond acceptors (Lipinski definition) is 12. The number of H-pyrrole nitrogens is 1. The SMILES string of the molecule is C=C1C(COP(=O)(O)OP(=O)(O)OP(=O)(O)OC)O[C@@]2(CC2n2cnc3c(=O)[nH]c(N)nc32)[C@H]1C. The molecule has 20 heteroatoms. The van der Waals surface area contributed by atoms with Crippen molar-refractivity contribution in [3.8, 4) is 0 Å². The molecule has 0 amide bonds. The maximum Gasteiger partial charge on any atom is 0.490 e. The normalized spacial score (nSPS) is 31.3. The van der Waals surface area contributed by atoms with Gasteiger partial charge in [0.2, 0.25) is 5.95 Å². The van der Waals surface area contributed by atoms with Crippen LogP contribution >= 0.6 is 23.5 Å². The van der Waals surface area contributed by atoms with Gasteiger partial charge in [-0.1, -0.05) is 13.5 Å². The first-order valence-electron chi connectivity index (χ1n) is 9.80. The van der Waals surface area contributed by atoms with E-state index in [1.54, 1.807) is 4.57 Å². The van der Waals surface area contributed by atoms with Gasteiger partial charge in [-0.25, -0.2) is 18.7 Å². The summed E-state index contributed by atoms with van der Waals surface area (Å²) < 4.78 is 59.4. The number of anilines is 1. The summed E-state index contributed by atoms with van der Waals surface area (Å²) in [4.78, 5) is 51.0. The average molecular weight is 557 g/mol. The van der Waals surface area contributed by atoms with Gasteiger partial charge in [-0.3, -0.25) is 18.8 Å². The van der Waals surface area contributed by atoms with E-state index in [4.69, 9.17) is 19.9 Å². The molecule has 1 spiro atoms. The predicted molar refractivity (Wildman–Crippen MR) is 117 cm³/mol. The van der Waals surface area contributed by atoms with Crippen molar-refractivity contribution >= 4 is 40.6 Å². The van der Waals surface area contributed by atoms with Gasteiger partial charge in [0.15, 0.2) is 11.2 Å². The van der Waals surface area contributed by atoms with Gasteiger partial charge in [-0.2, -0.15) is 13.6 Å². The Labute approximate surface area is 196 Å². The third-order valence-electron chi connectivity index (χ3n) is 5.80. The zero-order valence-electron chi connectivity index (χ0n) is 18.2. The Morgan fingerprint density at radius 2 is 1.94 bits per heavy atom. The quantitative estimate of drug-likeness (QED) is 0.213. The van der Waals surface area contributed by atoms with Crippen molar-refractivity contribution in [3.63, 3.8) is 0 Å². The van der Waals surface area contributed by atoms with E-state index in [9.17, 15) is 28.3 Å². The third kappa shape index (κ3) is 5.08. The summed E-state index contributed by atoms with van der Waals surface area (Å²) in [6.45, 7) is 5.16. The van der Waals surface area contributed by atoms with Gasteiger partial charge < -0.3 is 29.7 Å². The monoisotopic (exact) mass is 557 g/mol. The first-order valence-corrected chi connectivity index (χ1v) is 14.3. The number of hydrogen-bond donors (Lipinski definition) is 5. The molecular formula is C15H22N5O12P3. The van der Waals surface area contributed by atoms with Gasteiger partial charge in [-0.15, -0.1) is 0 Å². The topological polar surface area (TPSA) is 248 Å². The lowest BCUT2D eigenvalue weighted by Crippen LogP contribution is -2.22. The van der Waals surface area contributed by atoms with Gasteiger partial charge in [0.05, 0.1) is 24.6 Å². The number of imidazole rings is 1. The first kappa shape index (κ1) is 26.3. The molecule has 1 aliphatic carbocycles. The summed E-state index contributed by atoms with van der Waals surface area (Å²) in [5, 5.41) is 0. The molecule has 194 valence electrons. The minimum atomic E-state index is -5.52. The predicted octanol–water partition coefficient (Wildman–Crippen LogP) is 0.974. The second-order valence-electron chi connectivity index (χ2n) is 7.90. The van der Waals surface area contributed by atoms with E-state index < -0.39 is 47.3 Å². The summed E-state index contributed by atoms with van der Waals surface area (Å²) >= 11 is 0. The maximum absolute atomic E-state index is 12.1. The Bertz CT molecular complexity index is 1390. The number of aromatic amines is 1. The van der Waals surface area contributed by atoms with Crippen LogP contribution in [0.15, 0.2) is 23.3 Å². The number of phosphoric ester groups is 2. The lowest BCUT2D eigenvalue weighted by atomic mass is 9.94. The fourth-order valence-corrected chi connectivity index (χ4v) is 7.26. The van der Waals surface area contributed by atoms with E-state index in [1.165, 1.54) is 6.33 Å². The Kier molecular flexibility index (Phi) is 6.53. The van der Waals surface area contributed by atoms with Crippen molar-refractivity contribution in [2.75, 3.05) is 19.5 Å². The average Bonchev–Trinajstić information content (AvgIpc) is 3.19. The summed E-state index contributed by atoms with van der Waals surface area (Å²) in [5.41, 5.74) is 5.20. The minimum Gasteiger partial charge on any atom is -0.369 e. The lowest BCUT2D eigenvalue weighted by Gasteiger charge is -2.19. The highest BCUT2D eigenvalue weighted by Crippen LogP contribution is 2.68. The van der Waals surface area contributed by atoms with Gasteiger partial charge >= 0.3 is 23.5 Å². The smallest absolute Gasteiger partial charge is 0.369 e. The van der Waals surface area contributed by atoms with Crippen LogP contribution in [-0.2, 0) is 36.1 Å². The second kappa shape index (κ2) is 8.68. The number of nitrogens with one attached hydrogen (secondary N) is 1. The van der Waals surface area contributed by atoms with Crippen molar-refractivity contribution in [1.29, 1.82) is 0 Å². The second-order valence-corrected chi connectivity index (χ2v) is 12.6. The Morgan fingerprint density at radius 3 is 2.60 bits per heavy atom. The van der Waals surface area contributed by atoms with Crippen molar-refractivity contribution in [2.24, 2.45) is 5.92 Å². The minimum absolute atomic E-state index is 0.0815. The molecular weight excluding hydrogens is 535 g/mol. The largest absolute Gasteiger partial charge is 0.490 e. The van der Waals surface area contributed by atoms with Crippen LogP contribution in [0.2, 0.25) is 0 Å². The fraction of sp³-hybridized carbons (Fsp3) is 0.533. The highest BCUT2D eigenvalue weighted by atomic mass is 31.3. The third-order valence-corrected chi connectivity index (χ3v) is 10.0. The number of phosphoric acid groups is 3. The molecule has 2 aliphatic rings. The van der Waals surface area contributed by atoms with E-state index in [1.807, 2.05) is 6.92 Å². The Morgan fingerprint density at radius 1 is 1.29 bits per heavy atom. The van der Waals surface area contributed by atoms with Gasteiger partial charge in [0.25, 0.3) is 5.56 Å². The van der Waals surface area contributed by atoms with Gasteiger partial charge in [0.1, 0.15) is 6.10 Å². The van der Waals surface area contributed by atoms with Crippen molar-refractivity contribution in [1.82, 2.24) is 19.5 Å². The van der Waals surface area contributed by atoms with Crippen LogP contribution in [-0.4, -0.2) is 59.6 Å². The van der Waals surface area contributed by atoms with E-state index >= 15 is 0 Å². The van der Waals surface area contributed by atoms with Crippen molar-refractivity contribution in [2.45, 2.75) is 31.1 Å². The highest BCUT2D eigenvalue weighted by molar-refractivity contribution is 7.66. The Hall–Kier alpha value is -1.74. The number of nitrogens with zero attached hydrogens (tertiary/aromatic N) is 3. The fourth-order valence-electron chi connectivity index (χ4n) is 4.01. The molecule has 2 aromatic rings. The van der Waals surface area contributed by atoms with Crippen molar-refractivity contribution in [3.05, 3.63) is 28.8 Å². The van der Waals surface area contributed by atoms with Crippen LogP contribution in [0.4, 0.5) is 5.95 Å². The molecule has 1 saturated heterocycles. The zero-order chi connectivity index (χ0) is 26.0. The number of nitrogens with two attached hydrogens (primary N) is 1. The summed E-state index contributed by atoms with van der Waals surface area (Å²) in [6, 6.07) is -0.311. The molecule has 6 N–H and O–H groups in total. The molecule has 0 bridgehead atoms. The molecule has 7 atom stereocenters. The van der Waals surface area contributed by atoms with E-state index in [2.05, 4.69) is 34.7 Å². The molecule has 17 nitrogen and oxygen atoms in total. The number of fused-ring (bicyclic) bond motifs is 1. The zero-order valence-corrected chi connectivity index (χ0v) is 20.9. The van der Waals surface area contributed by atoms with Crippen LogP contribution < -0.4 is 11.3 Å². The molecule has 1 aliphatic heterocycles. The summed E-state index contributed by atoms with van der Waals surface area (Å²) in [7, 11) is -15.1. The van der Waals surface area contributed by atoms with E-state index in [0.717, 1.165) is 0 Å². The lowest BCUT2D eigenvalue weighted by molar-refractivity contribution is -0.0125. The number of aromatic nitrogens is 4. The van der Waals surface area contributed by atoms with E-state index in [0.29, 0.717) is 19.1 Å². The molecule has 5 unspecified atom stereocenters. The van der Waals surface area contributed by atoms with E-state index in [-0.39, 0.29) is 29.1 Å². The van der Waals surface area contributed by atoms with Crippen LogP contribution in [0, 0.1) is 5.92 Å². The van der Waals surface area contributed by atoms with Crippen LogP contribution in [0.3, 0.4) is 0 Å². The first-order chi connectivity index (χ1) is 16.1. The standard InChI is InChI=1S/C15H22N5O12P3/c1-7-8(2)15(4-10(15)20-6-17-11-12(20)18-14(16)19-13(11)21)30-9(7)5-29-34(24,25)32-35(26,27)31-33(22,23)28-3/h6,8-10H,1,4-5H2,2-3H3,(H,22,23)(H,24,25)(H,26,27)(H3,16,18,19,21)/t8-,9?,10?,15-/m0/s1. The molecule has 0 radical (unpaired) electrons. The number of ether oxygens (including phenoxy) is 1. The van der Waals surface area contributed by atoms with Crippen LogP contribution in [0.1, 0.15) is 19.4 Å². The molecule has 2 aromatic heterocycles. The van der Waals surface area contributed by atoms with Crippen LogP contribution in [0.25, 0.3) is 11.2 Å². The molecule has 4 rings (SSSR count). The summed E-state index contributed by atoms with van der Waals surface area (Å²) in [6.07, 6.45) is 0.986. The van der Waals surface area contributed by atoms with Crippen LogP contribution in [0.5, 0.6) is 0 Å². The Balaban J connectivity index is 1.45. The number of nitrogen functional groups attached to an aromatic ring is 1. The van der Waals surface area contributed by atoms with Crippen molar-refractivity contribution < 1.29 is 50.8 Å². The molecule has 35 heavy (non-hydrogen) atoms. The van der Waals surface area contributed by atoms with Gasteiger partial charge in [-0.05, 0) is 5.57 Å². The maximum atomic E-state index is 12.1. The molecule has 2 fully saturated rings. The highest BCUT2D eigenvalue weighted by Gasteiger charge is 2.66. The summed E-state index contributed by atoms with van der Waals surface area (Å²) in [5.74, 6) is -0.354. The number of rotatable bonds is 9. The molecule has 0 aromatic carbocycles. The van der Waals surface area contributed by atoms with Gasteiger partial charge in [0, 0.05) is 19.4 Å². The molecule has 1 saturated carbocycles.